The van der Waals surface area contributed by atoms with Gasteiger partial charge in [-0.1, -0.05) is 0 Å². The number of hydrogen-bond acceptors (Lipinski definition) is 4. The Bertz CT molecular complexity index is 336. The van der Waals surface area contributed by atoms with Gasteiger partial charge in [-0.25, -0.2) is 4.79 Å². The number of rotatable bonds is 3. The number of carbonyl (C=O) groups excluding carboxylic acids is 2. The fourth-order valence-corrected chi connectivity index (χ4v) is 0.738. The summed E-state index contributed by atoms with van der Waals surface area (Å²) in [7, 11) is 0. The number of aldehydes is 2. The molecule has 0 spiro atoms. The lowest BCUT2D eigenvalue weighted by Gasteiger charge is -1.84. The number of carboxylic acid groups (broad SMARTS) is 1. The molecule has 12 heavy (non-hydrogen) atoms. The summed E-state index contributed by atoms with van der Waals surface area (Å²) in [5, 5.41) is 8.47. The molecule has 5 heteroatoms. The first-order chi connectivity index (χ1) is 5.69. The van der Waals surface area contributed by atoms with Crippen LogP contribution in [0.2, 0.25) is 0 Å². The minimum atomic E-state index is -1.30. The Morgan fingerprint density at radius 2 is 2.08 bits per heavy atom. The topological polar surface area (TPSA) is 84.6 Å². The Morgan fingerprint density at radius 1 is 1.42 bits per heavy atom. The van der Waals surface area contributed by atoms with Gasteiger partial charge in [-0.2, -0.15) is 0 Å². The molecule has 0 atom stereocenters. The van der Waals surface area contributed by atoms with Crippen LogP contribution in [0.15, 0.2) is 10.5 Å². The minimum Gasteiger partial charge on any atom is -0.478 e. The molecular weight excluding hydrogens is 164 g/mol. The van der Waals surface area contributed by atoms with Crippen molar-refractivity contribution in [1.29, 1.82) is 0 Å². The minimum absolute atomic E-state index is 0.172. The molecule has 0 unspecified atom stereocenters. The van der Waals surface area contributed by atoms with Gasteiger partial charge >= 0.3 is 5.97 Å². The van der Waals surface area contributed by atoms with Crippen molar-refractivity contribution in [1.82, 2.24) is 0 Å². The second-order valence-corrected chi connectivity index (χ2v) is 1.97. The zero-order valence-electron chi connectivity index (χ0n) is 5.81. The van der Waals surface area contributed by atoms with E-state index in [9.17, 15) is 14.4 Å². The molecule has 1 aromatic heterocycles. The Morgan fingerprint density at radius 3 is 2.42 bits per heavy atom. The fourth-order valence-electron chi connectivity index (χ4n) is 0.738. The van der Waals surface area contributed by atoms with Gasteiger partial charge in [-0.15, -0.1) is 0 Å². The van der Waals surface area contributed by atoms with Crippen LogP contribution in [0.4, 0.5) is 0 Å². The van der Waals surface area contributed by atoms with E-state index in [0.29, 0.717) is 6.29 Å². The number of aromatic carboxylic acids is 1. The molecule has 1 aromatic rings. The molecule has 0 aliphatic heterocycles. The Labute approximate surface area is 66.6 Å². The van der Waals surface area contributed by atoms with E-state index in [2.05, 4.69) is 4.42 Å². The third kappa shape index (κ3) is 1.24. The van der Waals surface area contributed by atoms with Crippen molar-refractivity contribution in [3.63, 3.8) is 0 Å². The summed E-state index contributed by atoms with van der Waals surface area (Å²) >= 11 is 0. The maximum absolute atomic E-state index is 10.4. The highest BCUT2D eigenvalue weighted by Crippen LogP contribution is 2.11. The molecule has 0 saturated heterocycles. The van der Waals surface area contributed by atoms with Crippen LogP contribution in [0, 0.1) is 0 Å². The highest BCUT2D eigenvalue weighted by Gasteiger charge is 2.15. The van der Waals surface area contributed by atoms with E-state index in [1.165, 1.54) is 0 Å². The molecule has 0 aromatic carbocycles. The molecule has 62 valence electrons. The van der Waals surface area contributed by atoms with Gasteiger partial charge in [0, 0.05) is 6.07 Å². The third-order valence-electron chi connectivity index (χ3n) is 1.23. The number of carboxylic acids is 1. The van der Waals surface area contributed by atoms with E-state index < -0.39 is 5.97 Å². The van der Waals surface area contributed by atoms with Gasteiger partial charge in [0.1, 0.15) is 5.56 Å². The van der Waals surface area contributed by atoms with Crippen LogP contribution in [0.25, 0.3) is 0 Å². The normalized spacial score (nSPS) is 9.33. The van der Waals surface area contributed by atoms with Crippen molar-refractivity contribution >= 4 is 18.5 Å². The summed E-state index contributed by atoms with van der Waals surface area (Å²) in [6.45, 7) is 0. The van der Waals surface area contributed by atoms with Crippen LogP contribution in [0.1, 0.15) is 31.5 Å². The lowest BCUT2D eigenvalue weighted by Crippen LogP contribution is -1.97. The molecule has 0 aliphatic rings. The molecule has 0 bridgehead atoms. The lowest BCUT2D eigenvalue weighted by molar-refractivity contribution is 0.0692. The molecule has 0 aliphatic carbocycles. The van der Waals surface area contributed by atoms with Crippen LogP contribution in [0.5, 0.6) is 0 Å². The van der Waals surface area contributed by atoms with E-state index >= 15 is 0 Å². The maximum atomic E-state index is 10.4. The van der Waals surface area contributed by atoms with Crippen LogP contribution in [-0.4, -0.2) is 23.6 Å². The molecule has 0 fully saturated rings. The highest BCUT2D eigenvalue weighted by molar-refractivity contribution is 5.97. The van der Waals surface area contributed by atoms with Gasteiger partial charge in [0.2, 0.25) is 0 Å². The Kier molecular flexibility index (Phi) is 2.05. The number of carbonyl (C=O) groups is 3. The highest BCUT2D eigenvalue weighted by atomic mass is 16.4. The van der Waals surface area contributed by atoms with E-state index in [0.717, 1.165) is 6.07 Å². The van der Waals surface area contributed by atoms with Crippen molar-refractivity contribution in [3.05, 3.63) is 23.2 Å². The number of furan rings is 1. The summed E-state index contributed by atoms with van der Waals surface area (Å²) < 4.78 is 4.56. The van der Waals surface area contributed by atoms with Crippen LogP contribution in [0.3, 0.4) is 0 Å². The van der Waals surface area contributed by atoms with Gasteiger partial charge in [0.25, 0.3) is 0 Å². The Balaban J connectivity index is 3.25. The Hall–Kier alpha value is -1.91. The van der Waals surface area contributed by atoms with Crippen molar-refractivity contribution < 1.29 is 23.9 Å². The fraction of sp³-hybridized carbons (Fsp3) is 0. The zero-order valence-corrected chi connectivity index (χ0v) is 5.81. The second-order valence-electron chi connectivity index (χ2n) is 1.97. The molecule has 5 nitrogen and oxygen atoms in total. The molecule has 0 radical (unpaired) electrons. The second kappa shape index (κ2) is 3.00. The summed E-state index contributed by atoms with van der Waals surface area (Å²) in [5.74, 6) is -1.81. The van der Waals surface area contributed by atoms with E-state index in [1.54, 1.807) is 0 Å². The molecule has 1 N–H and O–H groups in total. The summed E-state index contributed by atoms with van der Waals surface area (Å²) in [6.07, 6.45) is 0.579. The summed E-state index contributed by atoms with van der Waals surface area (Å²) in [5.41, 5.74) is -0.299. The van der Waals surface area contributed by atoms with Crippen molar-refractivity contribution in [2.75, 3.05) is 0 Å². The zero-order chi connectivity index (χ0) is 9.14. The number of hydrogen-bond donors (Lipinski definition) is 1. The predicted octanol–water partition coefficient (Wildman–Crippen LogP) is 0.603. The van der Waals surface area contributed by atoms with Crippen LogP contribution < -0.4 is 0 Å². The largest absolute Gasteiger partial charge is 0.478 e. The summed E-state index contributed by atoms with van der Waals surface area (Å²) in [6, 6.07) is 0.999. The van der Waals surface area contributed by atoms with Gasteiger partial charge in [0.15, 0.2) is 24.1 Å². The molecule has 1 heterocycles. The van der Waals surface area contributed by atoms with Gasteiger partial charge in [-0.3, -0.25) is 9.59 Å². The van der Waals surface area contributed by atoms with Crippen molar-refractivity contribution in [2.24, 2.45) is 0 Å². The maximum Gasteiger partial charge on any atom is 0.339 e. The predicted molar refractivity (Wildman–Crippen MR) is 36.4 cm³/mol. The van der Waals surface area contributed by atoms with Gasteiger partial charge in [0.05, 0.1) is 0 Å². The first-order valence-corrected chi connectivity index (χ1v) is 2.96. The van der Waals surface area contributed by atoms with E-state index in [1.807, 2.05) is 0 Å². The van der Waals surface area contributed by atoms with Gasteiger partial charge < -0.3 is 9.52 Å². The van der Waals surface area contributed by atoms with Crippen LogP contribution in [-0.2, 0) is 0 Å². The van der Waals surface area contributed by atoms with E-state index in [-0.39, 0.29) is 23.4 Å². The third-order valence-corrected chi connectivity index (χ3v) is 1.23. The average molecular weight is 168 g/mol. The standard InChI is InChI=1S/C7H4O5/c8-2-4-1-5(7(10)11)6(3-9)12-4/h1-3H,(H,10,11). The molecule has 0 amide bonds. The van der Waals surface area contributed by atoms with E-state index in [4.69, 9.17) is 5.11 Å². The first-order valence-electron chi connectivity index (χ1n) is 2.96. The molecular formula is C7H4O5. The smallest absolute Gasteiger partial charge is 0.339 e. The molecule has 1 rings (SSSR count). The monoisotopic (exact) mass is 168 g/mol. The first kappa shape index (κ1) is 8.19. The van der Waals surface area contributed by atoms with Crippen LogP contribution >= 0.6 is 0 Å². The average Bonchev–Trinajstić information content (AvgIpc) is 2.47. The lowest BCUT2D eigenvalue weighted by atomic mass is 10.2. The summed E-state index contributed by atoms with van der Waals surface area (Å²) in [4.78, 5) is 30.7. The van der Waals surface area contributed by atoms with Crippen molar-refractivity contribution in [2.45, 2.75) is 0 Å². The quantitative estimate of drug-likeness (QED) is 0.668. The van der Waals surface area contributed by atoms with Gasteiger partial charge in [-0.05, 0) is 0 Å². The molecule has 0 saturated carbocycles. The SMILES string of the molecule is O=Cc1cc(C(=O)O)c(C=O)o1. The van der Waals surface area contributed by atoms with Crippen molar-refractivity contribution in [3.8, 4) is 0 Å².